The van der Waals surface area contributed by atoms with Crippen molar-refractivity contribution in [2.75, 3.05) is 6.61 Å². The number of ether oxygens (including phenoxy) is 1. The molecule has 134 valence electrons. The van der Waals surface area contributed by atoms with Crippen molar-refractivity contribution >= 4 is 23.0 Å². The van der Waals surface area contributed by atoms with Gasteiger partial charge in [-0.15, -0.1) is 0 Å². The molecule has 0 aliphatic heterocycles. The van der Waals surface area contributed by atoms with Gasteiger partial charge in [0.1, 0.15) is 16.1 Å². The highest BCUT2D eigenvalue weighted by Crippen LogP contribution is 2.33. The molecule has 24 heavy (non-hydrogen) atoms. The number of carbonyl (C=O) groups is 1. The maximum absolute atomic E-state index is 14.3. The van der Waals surface area contributed by atoms with Crippen LogP contribution in [0.1, 0.15) is 51.3 Å². The molecule has 0 spiro atoms. The molecule has 1 aromatic carbocycles. The van der Waals surface area contributed by atoms with Crippen LogP contribution in [0.15, 0.2) is 22.6 Å². The van der Waals surface area contributed by atoms with Crippen molar-refractivity contribution in [3.8, 4) is 0 Å². The third-order valence-corrected chi connectivity index (χ3v) is 4.82. The zero-order chi connectivity index (χ0) is 18.7. The fourth-order valence-corrected chi connectivity index (χ4v) is 2.63. The highest BCUT2D eigenvalue weighted by molar-refractivity contribution is 7.91. The first kappa shape index (κ1) is 20.6. The van der Waals surface area contributed by atoms with Crippen LogP contribution in [-0.2, 0) is 26.8 Å². The molecular formula is C17H23F2NO3S. The van der Waals surface area contributed by atoms with Crippen molar-refractivity contribution in [1.29, 1.82) is 0 Å². The highest BCUT2D eigenvalue weighted by atomic mass is 32.2. The monoisotopic (exact) mass is 359 g/mol. The van der Waals surface area contributed by atoms with Crippen molar-refractivity contribution < 1.29 is 22.9 Å². The molecule has 0 radical (unpaired) electrons. The minimum absolute atomic E-state index is 0.127. The second-order valence-corrected chi connectivity index (χ2v) is 8.22. The summed E-state index contributed by atoms with van der Waals surface area (Å²) in [6.45, 7) is 9.76. The summed E-state index contributed by atoms with van der Waals surface area (Å²) in [5.41, 5.74) is 0.577. The molecule has 0 aliphatic rings. The molecule has 0 N–H and O–H groups in total. The molecule has 0 aliphatic carbocycles. The molecule has 0 saturated heterocycles. The lowest BCUT2D eigenvalue weighted by Crippen LogP contribution is -2.30. The minimum atomic E-state index is -3.75. The van der Waals surface area contributed by atoms with Gasteiger partial charge in [0.2, 0.25) is 0 Å². The van der Waals surface area contributed by atoms with Crippen molar-refractivity contribution in [3.05, 3.63) is 34.9 Å². The highest BCUT2D eigenvalue weighted by Gasteiger charge is 2.44. The molecule has 7 heteroatoms. The summed E-state index contributed by atoms with van der Waals surface area (Å²) in [5, 5.41) is 0. The molecule has 0 amide bonds. The smallest absolute Gasteiger partial charge is 0.381 e. The molecule has 4 nitrogen and oxygen atoms in total. The Morgan fingerprint density at radius 3 is 2.42 bits per heavy atom. The fraction of sp³-hybridized carbons (Fsp3) is 0.529. The van der Waals surface area contributed by atoms with E-state index in [0.717, 1.165) is 0 Å². The van der Waals surface area contributed by atoms with Gasteiger partial charge in [0.05, 0.1) is 12.3 Å². The quantitative estimate of drug-likeness (QED) is 0.455. The lowest BCUT2D eigenvalue weighted by molar-refractivity contribution is -0.173. The van der Waals surface area contributed by atoms with Gasteiger partial charge in [-0.2, -0.15) is 8.78 Å². The predicted octanol–water partition coefficient (Wildman–Crippen LogP) is 3.92. The van der Waals surface area contributed by atoms with Gasteiger partial charge in [0, 0.05) is 11.1 Å². The molecule has 0 heterocycles. The van der Waals surface area contributed by atoms with Crippen molar-refractivity contribution in [3.63, 3.8) is 0 Å². The maximum atomic E-state index is 14.3. The van der Waals surface area contributed by atoms with Gasteiger partial charge in [-0.1, -0.05) is 22.6 Å². The Balaban J connectivity index is 3.32. The van der Waals surface area contributed by atoms with Crippen LogP contribution in [0.5, 0.6) is 0 Å². The zero-order valence-electron chi connectivity index (χ0n) is 14.8. The third kappa shape index (κ3) is 4.54. The fourth-order valence-electron chi connectivity index (χ4n) is 2.01. The van der Waals surface area contributed by atoms with E-state index in [9.17, 15) is 18.1 Å². The summed E-state index contributed by atoms with van der Waals surface area (Å²) >= 11 is -1.51. The predicted molar refractivity (Wildman–Crippen MR) is 91.8 cm³/mol. The summed E-state index contributed by atoms with van der Waals surface area (Å²) in [4.78, 5) is 11.6. The van der Waals surface area contributed by atoms with Crippen LogP contribution in [0.2, 0.25) is 0 Å². The van der Waals surface area contributed by atoms with Crippen molar-refractivity contribution in [2.24, 2.45) is 4.40 Å². The first-order chi connectivity index (χ1) is 10.9. The Labute approximate surface area is 144 Å². The second-order valence-electron chi connectivity index (χ2n) is 6.31. The number of carbonyl (C=O) groups excluding carboxylic acids is 1. The van der Waals surface area contributed by atoms with Gasteiger partial charge < -0.3 is 9.29 Å². The summed E-state index contributed by atoms with van der Waals surface area (Å²) < 4.78 is 48.8. The lowest BCUT2D eigenvalue weighted by Gasteiger charge is -2.21. The zero-order valence-corrected chi connectivity index (χ0v) is 15.6. The standard InChI is InChI=1S/C17H23F2NO3S/c1-7-23-15(21)17(18,19)14-10-8-9-13(11(14)2)12(3)20-24(22)16(4,5)6/h8-10H,7H2,1-6H3. The molecular weight excluding hydrogens is 336 g/mol. The summed E-state index contributed by atoms with van der Waals surface area (Å²) in [6.07, 6.45) is 0. The first-order valence-electron chi connectivity index (χ1n) is 7.55. The molecule has 1 atom stereocenters. The molecule has 1 unspecified atom stereocenters. The van der Waals surface area contributed by atoms with E-state index in [1.165, 1.54) is 26.0 Å². The molecule has 0 fully saturated rings. The normalized spacial score (nSPS) is 14.5. The van der Waals surface area contributed by atoms with Crippen LogP contribution >= 0.6 is 0 Å². The van der Waals surface area contributed by atoms with Crippen LogP contribution in [0.25, 0.3) is 0 Å². The first-order valence-corrected chi connectivity index (χ1v) is 8.66. The number of benzene rings is 1. The van der Waals surface area contributed by atoms with Gasteiger partial charge in [0.25, 0.3) is 0 Å². The Morgan fingerprint density at radius 1 is 1.33 bits per heavy atom. The Bertz CT molecular complexity index is 639. The lowest BCUT2D eigenvalue weighted by atomic mass is 9.95. The van der Waals surface area contributed by atoms with Gasteiger partial charge in [-0.25, -0.2) is 4.79 Å². The largest absolute Gasteiger partial charge is 0.591 e. The number of hydrogen-bond acceptors (Lipinski definition) is 4. The minimum Gasteiger partial charge on any atom is -0.591 e. The second kappa shape index (κ2) is 7.61. The van der Waals surface area contributed by atoms with Crippen molar-refractivity contribution in [2.45, 2.75) is 52.2 Å². The number of nitrogens with zero attached hydrogens (tertiary/aromatic N) is 1. The molecule has 0 saturated carbocycles. The van der Waals surface area contributed by atoms with Crippen LogP contribution < -0.4 is 0 Å². The molecule has 0 bridgehead atoms. The number of esters is 1. The van der Waals surface area contributed by atoms with Crippen LogP contribution in [0.3, 0.4) is 0 Å². The van der Waals surface area contributed by atoms with Crippen LogP contribution in [0.4, 0.5) is 8.78 Å². The summed E-state index contributed by atoms with van der Waals surface area (Å²) in [6, 6.07) is 4.21. The van der Waals surface area contributed by atoms with E-state index in [1.807, 2.05) is 0 Å². The van der Waals surface area contributed by atoms with Crippen molar-refractivity contribution in [1.82, 2.24) is 0 Å². The van der Waals surface area contributed by atoms with Crippen LogP contribution in [0, 0.1) is 6.92 Å². The third-order valence-electron chi connectivity index (χ3n) is 3.34. The molecule has 1 aromatic rings. The van der Waals surface area contributed by atoms with E-state index < -0.39 is 33.6 Å². The topological polar surface area (TPSA) is 61.7 Å². The van der Waals surface area contributed by atoms with E-state index >= 15 is 0 Å². The van der Waals surface area contributed by atoms with E-state index in [0.29, 0.717) is 11.3 Å². The van der Waals surface area contributed by atoms with E-state index in [1.54, 1.807) is 33.8 Å². The van der Waals surface area contributed by atoms with E-state index in [4.69, 9.17) is 0 Å². The number of alkyl halides is 2. The average Bonchev–Trinajstić information content (AvgIpc) is 2.46. The summed E-state index contributed by atoms with van der Waals surface area (Å²) in [5.74, 6) is -5.34. The maximum Gasteiger partial charge on any atom is 0.381 e. The Hall–Kier alpha value is -1.47. The van der Waals surface area contributed by atoms with E-state index in [-0.39, 0.29) is 12.2 Å². The van der Waals surface area contributed by atoms with Crippen LogP contribution in [-0.4, -0.2) is 27.6 Å². The average molecular weight is 359 g/mol. The Morgan fingerprint density at radius 2 is 1.92 bits per heavy atom. The van der Waals surface area contributed by atoms with Gasteiger partial charge in [-0.3, -0.25) is 0 Å². The van der Waals surface area contributed by atoms with Gasteiger partial charge in [0.15, 0.2) is 0 Å². The molecule has 0 aromatic heterocycles. The number of rotatable bonds is 5. The van der Waals surface area contributed by atoms with Gasteiger partial charge in [-0.05, 0) is 47.1 Å². The van der Waals surface area contributed by atoms with Gasteiger partial charge >= 0.3 is 11.9 Å². The SMILES string of the molecule is CCOC(=O)C(F)(F)c1cccc(C(C)=N[S+]([O-])C(C)(C)C)c1C. The summed E-state index contributed by atoms with van der Waals surface area (Å²) in [7, 11) is 0. The molecule has 1 rings (SSSR count). The number of hydrogen-bond donors (Lipinski definition) is 0. The number of halogens is 2. The Kier molecular flexibility index (Phi) is 6.52. The van der Waals surface area contributed by atoms with E-state index in [2.05, 4.69) is 9.13 Å².